The van der Waals surface area contributed by atoms with Crippen molar-refractivity contribution < 1.29 is 0 Å². The van der Waals surface area contributed by atoms with Crippen molar-refractivity contribution in [2.24, 2.45) is 0 Å². The highest BCUT2D eigenvalue weighted by Crippen LogP contribution is 2.60. The number of aromatic nitrogens is 2. The molecule has 0 unspecified atom stereocenters. The average Bonchev–Trinajstić information content (AvgIpc) is 3.19. The first kappa shape index (κ1) is 23.0. The van der Waals surface area contributed by atoms with Crippen LogP contribution >= 0.6 is 0 Å². The van der Waals surface area contributed by atoms with Gasteiger partial charge >= 0.3 is 0 Å². The van der Waals surface area contributed by atoms with E-state index in [9.17, 15) is 0 Å². The number of hydrogen-bond donors (Lipinski definition) is 0. The van der Waals surface area contributed by atoms with E-state index >= 15 is 0 Å². The van der Waals surface area contributed by atoms with Crippen LogP contribution in [0.2, 0.25) is 0 Å². The number of nitrogens with zero attached hydrogens (tertiary/aromatic N) is 4. The molecule has 4 heteroatoms. The van der Waals surface area contributed by atoms with Gasteiger partial charge in [-0.15, -0.1) is 0 Å². The third-order valence-corrected chi connectivity index (χ3v) is 8.33. The van der Waals surface area contributed by atoms with E-state index in [2.05, 4.69) is 143 Å². The Morgan fingerprint density at radius 1 is 0.381 bits per heavy atom. The van der Waals surface area contributed by atoms with Crippen LogP contribution in [0.4, 0.5) is 34.4 Å². The number of hydrogen-bond acceptors (Lipinski definition) is 4. The lowest BCUT2D eigenvalue weighted by Gasteiger charge is -2.40. The van der Waals surface area contributed by atoms with E-state index in [1.165, 1.54) is 22.3 Å². The molecule has 3 heterocycles. The fraction of sp³-hybridized carbons (Fsp3) is 0. The Hall–Kier alpha value is -5.74. The number of rotatable bonds is 2. The molecule has 6 aromatic carbocycles. The summed E-state index contributed by atoms with van der Waals surface area (Å²) in [4.78, 5) is 15.1. The smallest absolute Gasteiger partial charge is 0.235 e. The lowest BCUT2D eigenvalue weighted by Crippen LogP contribution is -2.25. The molecule has 2 aliphatic rings. The van der Waals surface area contributed by atoms with Crippen molar-refractivity contribution in [1.82, 2.24) is 9.97 Å². The highest BCUT2D eigenvalue weighted by molar-refractivity contribution is 6.11. The third-order valence-electron chi connectivity index (χ3n) is 8.33. The summed E-state index contributed by atoms with van der Waals surface area (Å²) < 4.78 is 0. The Morgan fingerprint density at radius 2 is 0.952 bits per heavy atom. The Balaban J connectivity index is 1.39. The maximum Gasteiger partial charge on any atom is 0.235 e. The molecule has 0 radical (unpaired) electrons. The molecule has 4 nitrogen and oxygen atoms in total. The molecule has 0 atom stereocenters. The minimum absolute atomic E-state index is 0.652. The van der Waals surface area contributed by atoms with Crippen LogP contribution in [-0.4, -0.2) is 9.97 Å². The summed E-state index contributed by atoms with van der Waals surface area (Å²) in [5, 5.41) is 1.04. The highest BCUT2D eigenvalue weighted by Gasteiger charge is 2.36. The van der Waals surface area contributed by atoms with Gasteiger partial charge in [0.2, 0.25) is 5.95 Å². The summed E-state index contributed by atoms with van der Waals surface area (Å²) in [7, 11) is 0. The molecule has 1 aromatic heterocycles. The van der Waals surface area contributed by atoms with E-state index in [4.69, 9.17) is 9.97 Å². The van der Waals surface area contributed by atoms with Gasteiger partial charge in [-0.2, -0.15) is 0 Å². The number of benzene rings is 6. The molecule has 0 saturated carbocycles. The Morgan fingerprint density at radius 3 is 1.76 bits per heavy atom. The molecular weight excluding hydrogens is 512 g/mol. The monoisotopic (exact) mass is 536 g/mol. The van der Waals surface area contributed by atoms with Crippen molar-refractivity contribution in [3.63, 3.8) is 0 Å². The minimum atomic E-state index is 0.652. The predicted molar refractivity (Wildman–Crippen MR) is 172 cm³/mol. The normalized spacial score (nSPS) is 12.7. The van der Waals surface area contributed by atoms with Crippen molar-refractivity contribution in [3.8, 4) is 33.5 Å². The van der Waals surface area contributed by atoms with Gasteiger partial charge in [0, 0.05) is 22.1 Å². The Labute approximate surface area is 243 Å². The van der Waals surface area contributed by atoms with Gasteiger partial charge in [-0.25, -0.2) is 9.97 Å². The third kappa shape index (κ3) is 3.23. The Bertz CT molecular complexity index is 2170. The van der Waals surface area contributed by atoms with Gasteiger partial charge in [-0.05, 0) is 41.5 Å². The second-order valence-corrected chi connectivity index (χ2v) is 10.7. The molecule has 0 N–H and O–H groups in total. The Kier molecular flexibility index (Phi) is 4.87. The average molecular weight is 537 g/mol. The second-order valence-electron chi connectivity index (χ2n) is 10.7. The molecule has 2 aliphatic heterocycles. The molecule has 7 aromatic rings. The maximum atomic E-state index is 5.30. The molecular formula is C38H24N4. The van der Waals surface area contributed by atoms with Crippen molar-refractivity contribution in [2.45, 2.75) is 0 Å². The first-order chi connectivity index (χ1) is 20.9. The summed E-state index contributed by atoms with van der Waals surface area (Å²) >= 11 is 0. The zero-order chi connectivity index (χ0) is 27.6. The van der Waals surface area contributed by atoms with Gasteiger partial charge in [0.05, 0.1) is 39.6 Å². The number of para-hydroxylation sites is 5. The van der Waals surface area contributed by atoms with Crippen LogP contribution in [0.5, 0.6) is 0 Å². The molecule has 0 fully saturated rings. The summed E-state index contributed by atoms with van der Waals surface area (Å²) in [6.07, 6.45) is 0. The van der Waals surface area contributed by atoms with Gasteiger partial charge in [0.15, 0.2) is 0 Å². The molecule has 0 saturated heterocycles. The van der Waals surface area contributed by atoms with E-state index in [0.29, 0.717) is 5.95 Å². The van der Waals surface area contributed by atoms with Crippen LogP contribution in [0.25, 0.3) is 44.4 Å². The highest BCUT2D eigenvalue weighted by atomic mass is 15.3. The van der Waals surface area contributed by atoms with Crippen molar-refractivity contribution in [2.75, 3.05) is 9.80 Å². The van der Waals surface area contributed by atoms with Gasteiger partial charge in [-0.1, -0.05) is 115 Å². The minimum Gasteiger partial charge on any atom is -0.305 e. The maximum absolute atomic E-state index is 5.30. The van der Waals surface area contributed by atoms with Gasteiger partial charge in [0.1, 0.15) is 0 Å². The first-order valence-electron chi connectivity index (χ1n) is 14.2. The van der Waals surface area contributed by atoms with Gasteiger partial charge < -0.3 is 4.90 Å². The van der Waals surface area contributed by atoms with Crippen LogP contribution < -0.4 is 9.80 Å². The molecule has 0 spiro atoms. The first-order valence-corrected chi connectivity index (χ1v) is 14.2. The van der Waals surface area contributed by atoms with E-state index in [-0.39, 0.29) is 0 Å². The molecule has 0 aliphatic carbocycles. The largest absolute Gasteiger partial charge is 0.305 e. The fourth-order valence-corrected chi connectivity index (χ4v) is 6.55. The molecule has 0 bridgehead atoms. The topological polar surface area (TPSA) is 32.3 Å². The quantitative estimate of drug-likeness (QED) is 0.220. The molecule has 9 rings (SSSR count). The summed E-state index contributed by atoms with van der Waals surface area (Å²) in [5.41, 5.74) is 13.2. The zero-order valence-electron chi connectivity index (χ0n) is 22.6. The molecule has 196 valence electrons. The standard InChI is InChI=1S/C38H24N4/c1-2-13-25(14-3-1)36-30-18-6-8-20-31(30)39-38(40-36)42-34-23-11-10-22-33(34)41-32-21-9-7-17-28(32)26-15-4-5-16-27(26)29-19-12-24-35(42)37(29)41/h1-24H. The summed E-state index contributed by atoms with van der Waals surface area (Å²) in [6.45, 7) is 0. The lowest BCUT2D eigenvalue weighted by molar-refractivity contribution is 1.08. The van der Waals surface area contributed by atoms with Gasteiger partial charge in [-0.3, -0.25) is 4.90 Å². The van der Waals surface area contributed by atoms with Crippen LogP contribution in [-0.2, 0) is 0 Å². The van der Waals surface area contributed by atoms with Crippen LogP contribution in [0.1, 0.15) is 0 Å². The zero-order valence-corrected chi connectivity index (χ0v) is 22.6. The van der Waals surface area contributed by atoms with Crippen LogP contribution in [0.3, 0.4) is 0 Å². The van der Waals surface area contributed by atoms with Gasteiger partial charge in [0.25, 0.3) is 0 Å². The number of anilines is 6. The second kappa shape index (κ2) is 8.88. The van der Waals surface area contributed by atoms with Crippen molar-refractivity contribution in [1.29, 1.82) is 0 Å². The predicted octanol–water partition coefficient (Wildman–Crippen LogP) is 10.2. The lowest BCUT2D eigenvalue weighted by atomic mass is 9.94. The van der Waals surface area contributed by atoms with Crippen LogP contribution in [0, 0.1) is 0 Å². The summed E-state index contributed by atoms with van der Waals surface area (Å²) in [6, 6.07) is 51.3. The van der Waals surface area contributed by atoms with Crippen molar-refractivity contribution in [3.05, 3.63) is 146 Å². The van der Waals surface area contributed by atoms with E-state index < -0.39 is 0 Å². The SMILES string of the molecule is c1ccc(-c2nc(N3c4ccccc4N4c5ccccc5-c5ccccc5-c5cccc3c54)nc3ccccc23)cc1. The molecule has 0 amide bonds. The summed E-state index contributed by atoms with van der Waals surface area (Å²) in [5.74, 6) is 0.652. The van der Waals surface area contributed by atoms with Crippen molar-refractivity contribution >= 4 is 45.3 Å². The van der Waals surface area contributed by atoms with E-state index in [1.807, 2.05) is 12.1 Å². The number of fused-ring (bicyclic) bond motifs is 8. The van der Waals surface area contributed by atoms with Crippen LogP contribution in [0.15, 0.2) is 146 Å². The molecule has 42 heavy (non-hydrogen) atoms. The van der Waals surface area contributed by atoms with E-state index in [1.54, 1.807) is 0 Å². The van der Waals surface area contributed by atoms with E-state index in [0.717, 1.165) is 50.6 Å². The fourth-order valence-electron chi connectivity index (χ4n) is 6.55.